The van der Waals surface area contributed by atoms with E-state index in [2.05, 4.69) is 193 Å². The Morgan fingerprint density at radius 1 is 0.522 bits per heavy atom. The number of thiophene rings is 1. The zero-order valence-corrected chi connectivity index (χ0v) is 44.4. The van der Waals surface area contributed by atoms with Crippen LogP contribution in [0.2, 0.25) is 0 Å². The molecule has 1 aromatic carbocycles. The van der Waals surface area contributed by atoms with Crippen LogP contribution in [0.15, 0.2) is 103 Å². The summed E-state index contributed by atoms with van der Waals surface area (Å²) >= 11 is 1.49. The second kappa shape index (κ2) is 20.6. The largest absolute Gasteiger partial charge is 0.372 e. The SMILES string of the molecule is CCCCN(CCCC)c1ccc(C(=C(C#N)C#N)/C(=c2\ccc(=C(c3cc(C(C)(C)C)c4ccc(C(C)(C)C)ccc3-4)c3cc(C(C)(C)C)c4ccc(C(C)(C)C)ccc3-4)s2)[C-](C#N)C#N)cc1. The van der Waals surface area contributed by atoms with E-state index in [1.54, 1.807) is 0 Å². The van der Waals surface area contributed by atoms with Crippen LogP contribution in [0.5, 0.6) is 0 Å². The predicted molar refractivity (Wildman–Crippen MR) is 291 cm³/mol. The highest BCUT2D eigenvalue weighted by Gasteiger charge is 2.31. The van der Waals surface area contributed by atoms with Gasteiger partial charge in [-0.3, -0.25) is 0 Å². The average molecular weight is 929 g/mol. The Labute approximate surface area is 418 Å². The van der Waals surface area contributed by atoms with Gasteiger partial charge in [0.1, 0.15) is 0 Å². The van der Waals surface area contributed by atoms with Crippen molar-refractivity contribution in [2.75, 3.05) is 18.0 Å². The van der Waals surface area contributed by atoms with Crippen molar-refractivity contribution >= 4 is 33.7 Å². The van der Waals surface area contributed by atoms with Crippen molar-refractivity contribution in [2.24, 2.45) is 0 Å². The Bertz CT molecular complexity index is 2950. The van der Waals surface area contributed by atoms with E-state index in [1.165, 1.54) is 44.7 Å². The van der Waals surface area contributed by atoms with Crippen LogP contribution in [0.3, 0.4) is 0 Å². The van der Waals surface area contributed by atoms with Crippen LogP contribution in [-0.4, -0.2) is 13.1 Å². The molecule has 0 fully saturated rings. The molecule has 354 valence electrons. The van der Waals surface area contributed by atoms with Crippen molar-refractivity contribution in [3.8, 4) is 46.5 Å². The maximum atomic E-state index is 10.7. The molecular formula is C63H70N5S-. The van der Waals surface area contributed by atoms with Crippen molar-refractivity contribution in [3.63, 3.8) is 0 Å². The molecular weight excluding hydrogens is 859 g/mol. The normalized spacial score (nSPS) is 12.4. The van der Waals surface area contributed by atoms with E-state index in [-0.39, 0.29) is 44.3 Å². The quantitative estimate of drug-likeness (QED) is 0.0899. The Balaban J connectivity index is 1.82. The first-order valence-corrected chi connectivity index (χ1v) is 25.4. The predicted octanol–water partition coefficient (Wildman–Crippen LogP) is 15.1. The molecule has 4 aliphatic carbocycles. The standard InChI is InChI=1S/C63H70N5S/c1-15-17-33-68(34-18-16-2)46-25-19-41(20-26-46)57(42(37-64)38-65)58(43(39-66)40-67)55-31-32-56(69-55)59(51-35-53(62(9,10)11)49-29-23-44(60(3,4)5)21-27-47(49)51)52-36-54(63(12,13)14)50-30-24-45(61(6,7)8)22-28-48(50)52/h19-32,35-36H,15-18,33-34H2,1-14H3/q-1/b58-55+. The minimum atomic E-state index is -0.190. The van der Waals surface area contributed by atoms with Gasteiger partial charge in [0.2, 0.25) is 0 Å². The van der Waals surface area contributed by atoms with E-state index < -0.39 is 0 Å². The Kier molecular flexibility index (Phi) is 15.4. The Morgan fingerprint density at radius 3 is 1.32 bits per heavy atom. The van der Waals surface area contributed by atoms with Gasteiger partial charge >= 0.3 is 0 Å². The molecule has 0 aliphatic heterocycles. The van der Waals surface area contributed by atoms with E-state index in [4.69, 9.17) is 0 Å². The lowest BCUT2D eigenvalue weighted by molar-refractivity contribution is 0.590. The molecule has 0 N–H and O–H groups in total. The van der Waals surface area contributed by atoms with Gasteiger partial charge in [-0.25, -0.2) is 21.9 Å². The second-order valence-electron chi connectivity index (χ2n) is 22.6. The van der Waals surface area contributed by atoms with Crippen LogP contribution in [-0.2, 0) is 21.7 Å². The summed E-state index contributed by atoms with van der Waals surface area (Å²) in [6, 6.07) is 43.6. The third-order valence-electron chi connectivity index (χ3n) is 13.3. The summed E-state index contributed by atoms with van der Waals surface area (Å²) in [5.74, 6) is -0.162. The van der Waals surface area contributed by atoms with E-state index in [0.29, 0.717) is 10.1 Å². The lowest BCUT2D eigenvalue weighted by atomic mass is 9.85. The number of benzene rings is 1. The molecule has 1 heterocycles. The van der Waals surface area contributed by atoms with Crippen LogP contribution in [0.4, 0.5) is 5.69 Å². The Morgan fingerprint density at radius 2 is 0.942 bits per heavy atom. The van der Waals surface area contributed by atoms with Crippen LogP contribution in [0.25, 0.3) is 39.0 Å². The summed E-state index contributed by atoms with van der Waals surface area (Å²) in [5, 5.41) is 42.6. The number of rotatable bonds is 12. The highest BCUT2D eigenvalue weighted by atomic mass is 32.1. The molecule has 4 aliphatic rings. The van der Waals surface area contributed by atoms with Gasteiger partial charge in [0.05, 0.1) is 17.7 Å². The van der Waals surface area contributed by atoms with Crippen molar-refractivity contribution in [2.45, 2.75) is 144 Å². The molecule has 0 unspecified atom stereocenters. The fraction of sp³-hybridized carbons (Fsp3) is 0.381. The summed E-state index contributed by atoms with van der Waals surface area (Å²) in [5.41, 5.74) is 14.4. The fourth-order valence-electron chi connectivity index (χ4n) is 9.34. The molecule has 0 saturated carbocycles. The first-order chi connectivity index (χ1) is 32.5. The lowest BCUT2D eigenvalue weighted by Crippen LogP contribution is -2.25. The highest BCUT2D eigenvalue weighted by molar-refractivity contribution is 7.08. The summed E-state index contributed by atoms with van der Waals surface area (Å²) < 4.78 is 1.56. The van der Waals surface area contributed by atoms with E-state index >= 15 is 0 Å². The van der Waals surface area contributed by atoms with E-state index in [1.807, 2.05) is 30.3 Å². The number of allylic oxidation sites excluding steroid dienone is 2. The topological polar surface area (TPSA) is 98.4 Å². The Hall–Kier alpha value is -6.57. The molecule has 6 rings (SSSR count). The number of unbranched alkanes of at least 4 members (excludes halogenated alkanes) is 2. The van der Waals surface area contributed by atoms with Gasteiger partial charge in [0, 0.05) is 46.9 Å². The third kappa shape index (κ3) is 11.0. The summed E-state index contributed by atoms with van der Waals surface area (Å²) in [4.78, 5) is 2.38. The number of hydrogen-bond donors (Lipinski definition) is 0. The molecule has 0 bridgehead atoms. The van der Waals surface area contributed by atoms with Crippen LogP contribution >= 0.6 is 11.3 Å². The monoisotopic (exact) mass is 929 g/mol. The molecule has 0 spiro atoms. The van der Waals surface area contributed by atoms with Gasteiger partial charge in [0.25, 0.3) is 0 Å². The van der Waals surface area contributed by atoms with Gasteiger partial charge in [0.15, 0.2) is 0 Å². The smallest absolute Gasteiger partial charge is 0.0976 e. The van der Waals surface area contributed by atoms with Crippen molar-refractivity contribution in [1.29, 1.82) is 21.0 Å². The van der Waals surface area contributed by atoms with Gasteiger partial charge in [-0.2, -0.15) is 10.5 Å². The third-order valence-corrected chi connectivity index (χ3v) is 14.4. The number of anilines is 1. The summed E-state index contributed by atoms with van der Waals surface area (Å²) in [6.45, 7) is 33.4. The molecule has 0 amide bonds. The van der Waals surface area contributed by atoms with Crippen molar-refractivity contribution < 1.29 is 0 Å². The van der Waals surface area contributed by atoms with Gasteiger partial charge in [-0.05, 0) is 114 Å². The molecule has 0 saturated heterocycles. The summed E-state index contributed by atoms with van der Waals surface area (Å²) in [6.07, 6.45) is 4.28. The maximum Gasteiger partial charge on any atom is 0.0976 e. The first kappa shape index (κ1) is 51.8. The number of nitrogens with zero attached hydrogens (tertiary/aromatic N) is 5. The fourth-order valence-corrected chi connectivity index (χ4v) is 10.5. The molecule has 2 aromatic rings. The first-order valence-electron chi connectivity index (χ1n) is 24.6. The summed E-state index contributed by atoms with van der Waals surface area (Å²) in [7, 11) is 0. The molecule has 1 aromatic heterocycles. The molecule has 6 heteroatoms. The number of fused-ring (bicyclic) bond motifs is 2. The highest BCUT2D eigenvalue weighted by Crippen LogP contribution is 2.48. The molecule has 69 heavy (non-hydrogen) atoms. The molecule has 5 nitrogen and oxygen atoms in total. The lowest BCUT2D eigenvalue weighted by Gasteiger charge is -2.26. The van der Waals surface area contributed by atoms with Crippen molar-refractivity contribution in [1.82, 2.24) is 0 Å². The molecule has 0 atom stereocenters. The van der Waals surface area contributed by atoms with E-state index in [9.17, 15) is 21.0 Å². The zero-order chi connectivity index (χ0) is 50.6. The van der Waals surface area contributed by atoms with Gasteiger partial charge in [-0.1, -0.05) is 198 Å². The number of nitriles is 4. The van der Waals surface area contributed by atoms with Gasteiger partial charge in [-0.15, -0.1) is 5.57 Å². The van der Waals surface area contributed by atoms with E-state index in [0.717, 1.165) is 76.8 Å². The minimum Gasteiger partial charge on any atom is -0.372 e. The van der Waals surface area contributed by atoms with Crippen molar-refractivity contribution in [3.05, 3.63) is 157 Å². The zero-order valence-electron chi connectivity index (χ0n) is 43.6. The maximum absolute atomic E-state index is 10.7. The number of hydrogen-bond acceptors (Lipinski definition) is 6. The van der Waals surface area contributed by atoms with Crippen LogP contribution < -0.4 is 14.0 Å². The van der Waals surface area contributed by atoms with Gasteiger partial charge < -0.3 is 4.90 Å². The second-order valence-corrected chi connectivity index (χ2v) is 23.7. The molecule has 0 radical (unpaired) electrons. The average Bonchev–Trinajstić information content (AvgIpc) is 3.90. The van der Waals surface area contributed by atoms with Crippen LogP contribution in [0.1, 0.15) is 162 Å². The minimum absolute atomic E-state index is 0.0700. The van der Waals surface area contributed by atoms with Crippen LogP contribution in [0, 0.1) is 51.2 Å².